The van der Waals surface area contributed by atoms with Crippen molar-refractivity contribution in [2.24, 2.45) is 5.92 Å². The number of nitrogens with zero attached hydrogens (tertiary/aromatic N) is 3. The highest BCUT2D eigenvalue weighted by Crippen LogP contribution is 2.34. The van der Waals surface area contributed by atoms with Crippen LogP contribution >= 0.6 is 0 Å². The largest absolute Gasteiger partial charge is 0.371 e. The zero-order chi connectivity index (χ0) is 30.8. The number of imide groups is 1. The molecule has 5 rings (SSSR count). The SMILES string of the molecule is CC(CCC(=O)NC=O)N1Cc2cc(N3CCC(c4ccc(C=O)cc4)CC3)ccc2C1=O.CN(C)CC1CCNCC1. The first-order valence-electron chi connectivity index (χ1n) is 15.6. The van der Waals surface area contributed by atoms with E-state index in [1.54, 1.807) is 4.90 Å². The zero-order valence-corrected chi connectivity index (χ0v) is 25.9. The summed E-state index contributed by atoms with van der Waals surface area (Å²) in [6, 6.07) is 13.9. The standard InChI is InChI=1S/C26H29N3O4.C8H18N2/c1-18(2-9-25(32)27-17-31)29-15-22-14-23(7-8-24(22)26(29)33)28-12-10-21(11-13-28)20-5-3-19(16-30)4-6-20;1-10(2)7-8-3-5-9-6-4-8/h3-8,14,16-18,21H,2,9-13,15H2,1H3,(H,27,31,32);8-9H,3-7H2,1-2H3. The molecule has 3 heterocycles. The molecule has 0 aromatic heterocycles. The van der Waals surface area contributed by atoms with Gasteiger partial charge in [0, 0.05) is 55.5 Å². The minimum Gasteiger partial charge on any atom is -0.371 e. The summed E-state index contributed by atoms with van der Waals surface area (Å²) in [5.41, 5.74) is 4.88. The smallest absolute Gasteiger partial charge is 0.254 e. The first-order chi connectivity index (χ1) is 20.8. The molecule has 3 aliphatic rings. The maximum absolute atomic E-state index is 12.9. The summed E-state index contributed by atoms with van der Waals surface area (Å²) < 4.78 is 0. The van der Waals surface area contributed by atoms with Crippen LogP contribution in [0.4, 0.5) is 5.69 Å². The van der Waals surface area contributed by atoms with Crippen LogP contribution in [0.5, 0.6) is 0 Å². The summed E-state index contributed by atoms with van der Waals surface area (Å²) in [6.07, 6.45) is 6.78. The number of anilines is 1. The topological polar surface area (TPSA) is 102 Å². The number of hydrogen-bond acceptors (Lipinski definition) is 7. The molecule has 43 heavy (non-hydrogen) atoms. The summed E-state index contributed by atoms with van der Waals surface area (Å²) in [6.45, 7) is 8.07. The summed E-state index contributed by atoms with van der Waals surface area (Å²) in [5.74, 6) is 1.10. The van der Waals surface area contributed by atoms with Crippen molar-refractivity contribution in [2.45, 2.75) is 64.0 Å². The fraction of sp³-hybridized carbons (Fsp3) is 0.529. The van der Waals surface area contributed by atoms with E-state index in [-0.39, 0.29) is 24.3 Å². The number of rotatable bonds is 10. The Balaban J connectivity index is 0.000000359. The second-order valence-electron chi connectivity index (χ2n) is 12.3. The molecule has 2 N–H and O–H groups in total. The van der Waals surface area contributed by atoms with Gasteiger partial charge in [0.1, 0.15) is 6.29 Å². The van der Waals surface area contributed by atoms with Gasteiger partial charge in [-0.25, -0.2) is 0 Å². The van der Waals surface area contributed by atoms with Gasteiger partial charge in [0.05, 0.1) is 0 Å². The third-order valence-corrected chi connectivity index (χ3v) is 8.95. The molecule has 2 saturated heterocycles. The Morgan fingerprint density at radius 1 is 1.05 bits per heavy atom. The fourth-order valence-electron chi connectivity index (χ4n) is 6.41. The second kappa shape index (κ2) is 15.8. The third kappa shape index (κ3) is 8.97. The van der Waals surface area contributed by atoms with Gasteiger partial charge < -0.3 is 20.0 Å². The van der Waals surface area contributed by atoms with Crippen LogP contribution in [-0.2, 0) is 16.1 Å². The van der Waals surface area contributed by atoms with E-state index in [0.717, 1.165) is 54.9 Å². The summed E-state index contributed by atoms with van der Waals surface area (Å²) in [7, 11) is 4.31. The lowest BCUT2D eigenvalue weighted by Gasteiger charge is -2.34. The minimum atomic E-state index is -0.327. The van der Waals surface area contributed by atoms with Crippen LogP contribution in [0.1, 0.15) is 83.2 Å². The van der Waals surface area contributed by atoms with Crippen LogP contribution in [0.15, 0.2) is 42.5 Å². The van der Waals surface area contributed by atoms with Gasteiger partial charge in [0.15, 0.2) is 0 Å². The van der Waals surface area contributed by atoms with Gasteiger partial charge in [0.25, 0.3) is 5.91 Å². The average Bonchev–Trinajstić information content (AvgIpc) is 3.36. The number of nitrogens with one attached hydrogen (secondary N) is 2. The van der Waals surface area contributed by atoms with E-state index in [9.17, 15) is 19.2 Å². The molecule has 0 saturated carbocycles. The van der Waals surface area contributed by atoms with E-state index in [1.165, 1.54) is 38.0 Å². The van der Waals surface area contributed by atoms with Gasteiger partial charge in [-0.2, -0.15) is 0 Å². The predicted molar refractivity (Wildman–Crippen MR) is 169 cm³/mol. The van der Waals surface area contributed by atoms with Crippen molar-refractivity contribution in [1.82, 2.24) is 20.4 Å². The molecule has 232 valence electrons. The van der Waals surface area contributed by atoms with Crippen molar-refractivity contribution in [1.29, 1.82) is 0 Å². The Kier molecular flexibility index (Phi) is 11.9. The lowest BCUT2D eigenvalue weighted by Crippen LogP contribution is -2.34. The molecule has 3 amide bonds. The van der Waals surface area contributed by atoms with Crippen LogP contribution in [-0.4, -0.2) is 87.2 Å². The van der Waals surface area contributed by atoms with Gasteiger partial charge in [-0.1, -0.05) is 24.3 Å². The molecule has 9 heteroatoms. The van der Waals surface area contributed by atoms with E-state index >= 15 is 0 Å². The second-order valence-corrected chi connectivity index (χ2v) is 12.3. The maximum atomic E-state index is 12.9. The first kappa shape index (κ1) is 32.4. The predicted octanol–water partition coefficient (Wildman–Crippen LogP) is 3.83. The van der Waals surface area contributed by atoms with Crippen molar-refractivity contribution >= 4 is 30.2 Å². The summed E-state index contributed by atoms with van der Waals surface area (Å²) >= 11 is 0. The fourth-order valence-corrected chi connectivity index (χ4v) is 6.41. The van der Waals surface area contributed by atoms with E-state index in [0.29, 0.717) is 30.9 Å². The van der Waals surface area contributed by atoms with Crippen LogP contribution in [0.25, 0.3) is 0 Å². The van der Waals surface area contributed by atoms with Crippen molar-refractivity contribution in [3.8, 4) is 0 Å². The lowest BCUT2D eigenvalue weighted by molar-refractivity contribution is -0.125. The van der Waals surface area contributed by atoms with Crippen molar-refractivity contribution < 1.29 is 19.2 Å². The number of amides is 3. The number of hydrogen-bond donors (Lipinski definition) is 2. The van der Waals surface area contributed by atoms with E-state index in [2.05, 4.69) is 52.7 Å². The van der Waals surface area contributed by atoms with Gasteiger partial charge in [-0.05, 0) is 107 Å². The molecule has 1 atom stereocenters. The van der Waals surface area contributed by atoms with Crippen molar-refractivity contribution in [2.75, 3.05) is 51.7 Å². The Morgan fingerprint density at radius 3 is 2.37 bits per heavy atom. The Bertz CT molecular complexity index is 1230. The Morgan fingerprint density at radius 2 is 1.74 bits per heavy atom. The summed E-state index contributed by atoms with van der Waals surface area (Å²) in [4.78, 5) is 52.2. The van der Waals surface area contributed by atoms with Crippen molar-refractivity contribution in [3.05, 3.63) is 64.7 Å². The minimum absolute atomic E-state index is 0.00248. The molecule has 0 aliphatic carbocycles. The number of fused-ring (bicyclic) bond motifs is 1. The highest BCUT2D eigenvalue weighted by Gasteiger charge is 2.32. The highest BCUT2D eigenvalue weighted by molar-refractivity contribution is 5.99. The Hall–Kier alpha value is -3.56. The molecular formula is C34H47N5O4. The molecular weight excluding hydrogens is 542 g/mol. The molecule has 9 nitrogen and oxygen atoms in total. The van der Waals surface area contributed by atoms with Gasteiger partial charge in [-0.3, -0.25) is 24.5 Å². The lowest BCUT2D eigenvalue weighted by atomic mass is 9.89. The van der Waals surface area contributed by atoms with E-state index < -0.39 is 0 Å². The van der Waals surface area contributed by atoms with Crippen LogP contribution in [0, 0.1) is 5.92 Å². The highest BCUT2D eigenvalue weighted by atomic mass is 16.2. The van der Waals surface area contributed by atoms with Gasteiger partial charge in [0.2, 0.25) is 12.3 Å². The molecule has 3 aliphatic heterocycles. The molecule has 2 aromatic carbocycles. The van der Waals surface area contributed by atoms with Crippen LogP contribution < -0.4 is 15.5 Å². The maximum Gasteiger partial charge on any atom is 0.254 e. The summed E-state index contributed by atoms with van der Waals surface area (Å²) in [5, 5.41) is 5.51. The first-order valence-corrected chi connectivity index (χ1v) is 15.6. The molecule has 1 unspecified atom stereocenters. The Labute approximate surface area is 256 Å². The quantitative estimate of drug-likeness (QED) is 0.406. The number of carbonyl (C=O) groups excluding carboxylic acids is 4. The zero-order valence-electron chi connectivity index (χ0n) is 25.9. The molecule has 0 bridgehead atoms. The molecule has 2 aromatic rings. The normalized spacial score (nSPS) is 18.1. The molecule has 0 radical (unpaired) electrons. The van der Waals surface area contributed by atoms with Crippen molar-refractivity contribution in [3.63, 3.8) is 0 Å². The van der Waals surface area contributed by atoms with Crippen LogP contribution in [0.2, 0.25) is 0 Å². The van der Waals surface area contributed by atoms with E-state index in [4.69, 9.17) is 0 Å². The van der Waals surface area contributed by atoms with Gasteiger partial charge >= 0.3 is 0 Å². The monoisotopic (exact) mass is 589 g/mol. The average molecular weight is 590 g/mol. The molecule has 2 fully saturated rings. The third-order valence-electron chi connectivity index (χ3n) is 8.95. The number of aldehydes is 1. The van der Waals surface area contributed by atoms with Crippen LogP contribution in [0.3, 0.4) is 0 Å². The van der Waals surface area contributed by atoms with E-state index in [1.807, 2.05) is 31.2 Å². The molecule has 0 spiro atoms. The van der Waals surface area contributed by atoms with Gasteiger partial charge in [-0.15, -0.1) is 0 Å². The number of benzene rings is 2. The number of piperidine rings is 2. The number of carbonyl (C=O) groups is 4.